The van der Waals surface area contributed by atoms with Crippen LogP contribution in [0.4, 0.5) is 11.4 Å². The van der Waals surface area contributed by atoms with E-state index in [2.05, 4.69) is 52.9 Å². The maximum Gasteiger partial charge on any atom is 0.266 e. The van der Waals surface area contributed by atoms with E-state index in [9.17, 15) is 15.2 Å². The van der Waals surface area contributed by atoms with Crippen molar-refractivity contribution < 1.29 is 9.90 Å². The Morgan fingerprint density at radius 1 is 1.09 bits per heavy atom. The molecule has 0 atom stereocenters. The third-order valence-corrected chi connectivity index (χ3v) is 5.50. The lowest BCUT2D eigenvalue weighted by atomic mass is 10.1. The minimum atomic E-state index is -0.494. The summed E-state index contributed by atoms with van der Waals surface area (Å²) in [5.74, 6) is -0.386. The number of aromatic nitrogens is 1. The van der Waals surface area contributed by atoms with Gasteiger partial charge >= 0.3 is 0 Å². The first-order valence-corrected chi connectivity index (χ1v) is 10.6. The summed E-state index contributed by atoms with van der Waals surface area (Å²) in [6.07, 6.45) is 1.61. The first kappa shape index (κ1) is 22.7. The number of phenols is 1. The number of amides is 1. The lowest BCUT2D eigenvalue weighted by molar-refractivity contribution is -0.112. The molecule has 0 saturated carbocycles. The quantitative estimate of drug-likeness (QED) is 0.308. The second kappa shape index (κ2) is 9.88. The number of carbonyl (C=O) groups excluding carboxylic acids is 1. The summed E-state index contributed by atoms with van der Waals surface area (Å²) in [6, 6.07) is 18.5. The summed E-state index contributed by atoms with van der Waals surface area (Å²) in [4.78, 5) is 14.9. The van der Waals surface area contributed by atoms with E-state index in [1.807, 2.05) is 26.0 Å². The van der Waals surface area contributed by atoms with Crippen molar-refractivity contribution in [2.75, 3.05) is 23.3 Å². The average molecular weight is 429 g/mol. The zero-order chi connectivity index (χ0) is 23.3. The number of rotatable bonds is 7. The Kier molecular flexibility index (Phi) is 7.01. The molecule has 0 radical (unpaired) electrons. The van der Waals surface area contributed by atoms with Crippen LogP contribution in [-0.4, -0.2) is 28.7 Å². The predicted molar refractivity (Wildman–Crippen MR) is 129 cm³/mol. The van der Waals surface area contributed by atoms with Crippen LogP contribution >= 0.6 is 0 Å². The summed E-state index contributed by atoms with van der Waals surface area (Å²) in [6.45, 7) is 10.2. The normalized spacial score (nSPS) is 11.2. The Morgan fingerprint density at radius 3 is 2.28 bits per heavy atom. The Bertz CT molecular complexity index is 1160. The number of nitrogens with one attached hydrogen (secondary N) is 1. The zero-order valence-electron chi connectivity index (χ0n) is 18.9. The third-order valence-electron chi connectivity index (χ3n) is 5.50. The SMILES string of the molecule is CCN(CC)c1ccc(-n2c(C)cc(/C=C(/C#N)C(=O)Nc3ccc(O)cc3)c2C)cc1. The van der Waals surface area contributed by atoms with Gasteiger partial charge in [0.15, 0.2) is 0 Å². The summed E-state index contributed by atoms with van der Waals surface area (Å²) < 4.78 is 2.12. The van der Waals surface area contributed by atoms with Crippen molar-refractivity contribution in [3.05, 3.63) is 77.1 Å². The second-order valence-corrected chi connectivity index (χ2v) is 7.52. The highest BCUT2D eigenvalue weighted by Gasteiger charge is 2.14. The number of nitrogens with zero attached hydrogens (tertiary/aromatic N) is 3. The molecule has 1 heterocycles. The van der Waals surface area contributed by atoms with Gasteiger partial charge in [-0.3, -0.25) is 4.79 Å². The topological polar surface area (TPSA) is 81.3 Å². The Labute approximate surface area is 189 Å². The Hall–Kier alpha value is -3.98. The number of carbonyl (C=O) groups is 1. The maximum atomic E-state index is 12.6. The molecular formula is C26H28N4O2. The number of anilines is 2. The number of phenolic OH excluding ortho intramolecular Hbond substituents is 1. The fourth-order valence-corrected chi connectivity index (χ4v) is 3.78. The van der Waals surface area contributed by atoms with E-state index in [-0.39, 0.29) is 11.3 Å². The van der Waals surface area contributed by atoms with Gasteiger partial charge in [0.25, 0.3) is 5.91 Å². The van der Waals surface area contributed by atoms with Crippen molar-refractivity contribution >= 4 is 23.4 Å². The fraction of sp³-hybridized carbons (Fsp3) is 0.231. The molecule has 1 aromatic heterocycles. The second-order valence-electron chi connectivity index (χ2n) is 7.52. The number of aryl methyl sites for hydroxylation is 1. The highest BCUT2D eigenvalue weighted by molar-refractivity contribution is 6.09. The van der Waals surface area contributed by atoms with Gasteiger partial charge in [0, 0.05) is 41.5 Å². The molecule has 0 aliphatic carbocycles. The predicted octanol–water partition coefficient (Wildman–Crippen LogP) is 5.19. The number of benzene rings is 2. The first-order valence-electron chi connectivity index (χ1n) is 10.6. The summed E-state index contributed by atoms with van der Waals surface area (Å²) in [5, 5.41) is 21.6. The molecule has 3 aromatic rings. The van der Waals surface area contributed by atoms with E-state index in [4.69, 9.17) is 0 Å². The van der Waals surface area contributed by atoms with Gasteiger partial charge in [0.2, 0.25) is 0 Å². The van der Waals surface area contributed by atoms with Gasteiger partial charge in [-0.25, -0.2) is 0 Å². The van der Waals surface area contributed by atoms with Gasteiger partial charge in [-0.05, 0) is 93.9 Å². The van der Waals surface area contributed by atoms with E-state index in [0.29, 0.717) is 5.69 Å². The molecule has 0 spiro atoms. The molecule has 1 amide bonds. The molecule has 164 valence electrons. The van der Waals surface area contributed by atoms with Crippen molar-refractivity contribution in [2.45, 2.75) is 27.7 Å². The van der Waals surface area contributed by atoms with Gasteiger partial charge in [-0.15, -0.1) is 0 Å². The standard InChI is InChI=1S/C26H28N4O2/c1-5-29(6-2)23-9-11-24(12-10-23)30-18(3)15-20(19(30)4)16-21(17-27)26(32)28-22-7-13-25(31)14-8-22/h7-16,31H,5-6H2,1-4H3,(H,28,32)/b21-16-. The fourth-order valence-electron chi connectivity index (χ4n) is 3.78. The smallest absolute Gasteiger partial charge is 0.266 e. The minimum Gasteiger partial charge on any atom is -0.508 e. The van der Waals surface area contributed by atoms with Crippen LogP contribution in [0.5, 0.6) is 5.75 Å². The molecule has 2 aromatic carbocycles. The van der Waals surface area contributed by atoms with E-state index in [1.165, 1.54) is 17.8 Å². The van der Waals surface area contributed by atoms with Crippen LogP contribution in [0, 0.1) is 25.2 Å². The average Bonchev–Trinajstić information content (AvgIpc) is 3.07. The van der Waals surface area contributed by atoms with Crippen molar-refractivity contribution in [1.82, 2.24) is 4.57 Å². The molecular weight excluding hydrogens is 400 g/mol. The van der Waals surface area contributed by atoms with E-state index in [1.54, 1.807) is 18.2 Å². The van der Waals surface area contributed by atoms with Crippen molar-refractivity contribution in [2.24, 2.45) is 0 Å². The zero-order valence-corrected chi connectivity index (χ0v) is 18.9. The summed E-state index contributed by atoms with van der Waals surface area (Å²) in [7, 11) is 0. The van der Waals surface area contributed by atoms with Crippen LogP contribution < -0.4 is 10.2 Å². The minimum absolute atomic E-state index is 0.00945. The number of aromatic hydroxyl groups is 1. The van der Waals surface area contributed by atoms with E-state index < -0.39 is 5.91 Å². The van der Waals surface area contributed by atoms with Crippen molar-refractivity contribution in [3.8, 4) is 17.5 Å². The van der Waals surface area contributed by atoms with Crippen LogP contribution in [0.1, 0.15) is 30.8 Å². The molecule has 0 saturated heterocycles. The van der Waals surface area contributed by atoms with E-state index >= 15 is 0 Å². The van der Waals surface area contributed by atoms with Gasteiger partial charge < -0.3 is 19.9 Å². The largest absolute Gasteiger partial charge is 0.508 e. The highest BCUT2D eigenvalue weighted by atomic mass is 16.3. The van der Waals surface area contributed by atoms with Gasteiger partial charge in [0.1, 0.15) is 17.4 Å². The molecule has 3 rings (SSSR count). The molecule has 6 heteroatoms. The third kappa shape index (κ3) is 4.84. The van der Waals surface area contributed by atoms with Crippen LogP contribution in [-0.2, 0) is 4.79 Å². The molecule has 2 N–H and O–H groups in total. The molecule has 0 aliphatic heterocycles. The van der Waals surface area contributed by atoms with Gasteiger partial charge in [-0.2, -0.15) is 5.26 Å². The molecule has 6 nitrogen and oxygen atoms in total. The lowest BCUT2D eigenvalue weighted by Crippen LogP contribution is -2.21. The van der Waals surface area contributed by atoms with Crippen molar-refractivity contribution in [3.63, 3.8) is 0 Å². The molecule has 0 aliphatic rings. The Morgan fingerprint density at radius 2 is 1.72 bits per heavy atom. The monoisotopic (exact) mass is 428 g/mol. The number of hydrogen-bond donors (Lipinski definition) is 2. The van der Waals surface area contributed by atoms with E-state index in [0.717, 1.165) is 35.7 Å². The molecule has 32 heavy (non-hydrogen) atoms. The van der Waals surface area contributed by atoms with Gasteiger partial charge in [-0.1, -0.05) is 0 Å². The van der Waals surface area contributed by atoms with Crippen molar-refractivity contribution in [1.29, 1.82) is 5.26 Å². The van der Waals surface area contributed by atoms with Crippen LogP contribution in [0.3, 0.4) is 0 Å². The van der Waals surface area contributed by atoms with Crippen LogP contribution in [0.2, 0.25) is 0 Å². The molecule has 0 bridgehead atoms. The van der Waals surface area contributed by atoms with Crippen LogP contribution in [0.15, 0.2) is 60.2 Å². The summed E-state index contributed by atoms with van der Waals surface area (Å²) in [5.41, 5.74) is 5.50. The number of nitriles is 1. The highest BCUT2D eigenvalue weighted by Crippen LogP contribution is 2.25. The molecule has 0 fully saturated rings. The lowest BCUT2D eigenvalue weighted by Gasteiger charge is -2.21. The Balaban J connectivity index is 1.88. The maximum absolute atomic E-state index is 12.6. The number of hydrogen-bond acceptors (Lipinski definition) is 4. The van der Waals surface area contributed by atoms with Gasteiger partial charge in [0.05, 0.1) is 0 Å². The van der Waals surface area contributed by atoms with Crippen LogP contribution in [0.25, 0.3) is 11.8 Å². The first-order chi connectivity index (χ1) is 15.4. The molecule has 0 unspecified atom stereocenters. The summed E-state index contributed by atoms with van der Waals surface area (Å²) >= 11 is 0.